The Balaban J connectivity index is 1.50. The highest BCUT2D eigenvalue weighted by molar-refractivity contribution is 5.32. The van der Waals surface area contributed by atoms with Crippen LogP contribution in [0.15, 0.2) is 34.9 Å². The molecule has 0 radical (unpaired) electrons. The molecule has 0 aliphatic carbocycles. The van der Waals surface area contributed by atoms with Gasteiger partial charge in [0.1, 0.15) is 0 Å². The molecule has 0 amide bonds. The van der Waals surface area contributed by atoms with Crippen LogP contribution in [0, 0.1) is 18.3 Å². The normalized spacial score (nSPS) is 16.5. The Morgan fingerprint density at radius 3 is 2.50 bits per heavy atom. The van der Waals surface area contributed by atoms with E-state index >= 15 is 0 Å². The van der Waals surface area contributed by atoms with Gasteiger partial charge in [0.25, 0.3) is 0 Å². The molecule has 1 aromatic carbocycles. The zero-order valence-corrected chi connectivity index (χ0v) is 12.8. The quantitative estimate of drug-likeness (QED) is 0.865. The second-order valence-electron chi connectivity index (χ2n) is 5.80. The molecule has 114 valence electrons. The largest absolute Gasteiger partial charge is 0.360 e. The van der Waals surface area contributed by atoms with Crippen molar-refractivity contribution in [3.8, 4) is 6.07 Å². The van der Waals surface area contributed by atoms with Crippen LogP contribution in [0.3, 0.4) is 0 Å². The molecule has 0 bridgehead atoms. The first-order valence-electron chi connectivity index (χ1n) is 7.59. The van der Waals surface area contributed by atoms with Gasteiger partial charge in [-0.05, 0) is 24.6 Å². The summed E-state index contributed by atoms with van der Waals surface area (Å²) in [6.45, 7) is 7.80. The molecule has 2 heterocycles. The summed E-state index contributed by atoms with van der Waals surface area (Å²) in [6, 6.07) is 12.1. The van der Waals surface area contributed by atoms with Crippen molar-refractivity contribution < 1.29 is 4.52 Å². The Labute approximate surface area is 130 Å². The second-order valence-corrected chi connectivity index (χ2v) is 5.80. The van der Waals surface area contributed by atoms with Crippen molar-refractivity contribution in [1.29, 1.82) is 5.26 Å². The molecule has 0 spiro atoms. The maximum atomic E-state index is 8.96. The van der Waals surface area contributed by atoms with Gasteiger partial charge in [-0.2, -0.15) is 5.26 Å². The van der Waals surface area contributed by atoms with Gasteiger partial charge in [-0.15, -0.1) is 0 Å². The molecular weight excluding hydrogens is 276 g/mol. The molecule has 5 nitrogen and oxygen atoms in total. The zero-order valence-electron chi connectivity index (χ0n) is 12.8. The van der Waals surface area contributed by atoms with Gasteiger partial charge in [0.05, 0.1) is 23.9 Å². The van der Waals surface area contributed by atoms with Crippen LogP contribution in [-0.2, 0) is 13.1 Å². The van der Waals surface area contributed by atoms with Crippen LogP contribution in [0.5, 0.6) is 0 Å². The van der Waals surface area contributed by atoms with Gasteiger partial charge in [0, 0.05) is 38.8 Å². The lowest BCUT2D eigenvalue weighted by Crippen LogP contribution is -2.45. The molecule has 2 aromatic rings. The predicted molar refractivity (Wildman–Crippen MR) is 83.0 cm³/mol. The first kappa shape index (κ1) is 14.8. The van der Waals surface area contributed by atoms with E-state index in [0.717, 1.165) is 56.3 Å². The van der Waals surface area contributed by atoms with Gasteiger partial charge >= 0.3 is 0 Å². The van der Waals surface area contributed by atoms with Crippen molar-refractivity contribution in [2.45, 2.75) is 20.0 Å². The minimum atomic E-state index is 0.733. The summed E-state index contributed by atoms with van der Waals surface area (Å²) in [5.41, 5.74) is 2.88. The topological polar surface area (TPSA) is 56.3 Å². The van der Waals surface area contributed by atoms with E-state index in [1.165, 1.54) is 5.56 Å². The molecular formula is C17H20N4O. The minimum Gasteiger partial charge on any atom is -0.360 e. The van der Waals surface area contributed by atoms with Gasteiger partial charge in [-0.3, -0.25) is 9.80 Å². The van der Waals surface area contributed by atoms with Crippen molar-refractivity contribution in [2.75, 3.05) is 26.2 Å². The lowest BCUT2D eigenvalue weighted by atomic mass is 10.1. The number of nitriles is 1. The van der Waals surface area contributed by atoms with E-state index < -0.39 is 0 Å². The molecule has 5 heteroatoms. The Bertz CT molecular complexity index is 665. The van der Waals surface area contributed by atoms with Crippen LogP contribution in [0.25, 0.3) is 0 Å². The Morgan fingerprint density at radius 2 is 1.86 bits per heavy atom. The summed E-state index contributed by atoms with van der Waals surface area (Å²) in [7, 11) is 0. The molecule has 3 rings (SSSR count). The van der Waals surface area contributed by atoms with Crippen molar-refractivity contribution in [2.24, 2.45) is 0 Å². The van der Waals surface area contributed by atoms with Crippen LogP contribution >= 0.6 is 0 Å². The van der Waals surface area contributed by atoms with Crippen molar-refractivity contribution in [3.63, 3.8) is 0 Å². The number of piperazine rings is 1. The fourth-order valence-corrected chi connectivity index (χ4v) is 2.81. The van der Waals surface area contributed by atoms with Gasteiger partial charge in [-0.25, -0.2) is 0 Å². The standard InChI is InChI=1S/C17H20N4O/c1-14-9-17(22-19-14)13-21-7-5-20(6-8-21)12-16-4-2-3-15(10-16)11-18/h2-4,9-10H,5-8,12-13H2,1H3. The number of benzene rings is 1. The minimum absolute atomic E-state index is 0.733. The average molecular weight is 296 g/mol. The van der Waals surface area contributed by atoms with Crippen molar-refractivity contribution in [3.05, 3.63) is 52.9 Å². The Kier molecular flexibility index (Phi) is 4.52. The first-order valence-corrected chi connectivity index (χ1v) is 7.59. The van der Waals surface area contributed by atoms with E-state index in [4.69, 9.17) is 9.78 Å². The fourth-order valence-electron chi connectivity index (χ4n) is 2.81. The lowest BCUT2D eigenvalue weighted by Gasteiger charge is -2.34. The lowest BCUT2D eigenvalue weighted by molar-refractivity contribution is 0.113. The summed E-state index contributed by atoms with van der Waals surface area (Å²) in [6.07, 6.45) is 0. The zero-order chi connectivity index (χ0) is 15.4. The number of hydrogen-bond donors (Lipinski definition) is 0. The average Bonchev–Trinajstić information content (AvgIpc) is 2.94. The van der Waals surface area contributed by atoms with E-state index in [0.29, 0.717) is 0 Å². The number of rotatable bonds is 4. The third kappa shape index (κ3) is 3.73. The van der Waals surface area contributed by atoms with Crippen molar-refractivity contribution in [1.82, 2.24) is 15.0 Å². The summed E-state index contributed by atoms with van der Waals surface area (Å²) < 4.78 is 5.28. The highest BCUT2D eigenvalue weighted by Crippen LogP contribution is 2.13. The highest BCUT2D eigenvalue weighted by Gasteiger charge is 2.18. The van der Waals surface area contributed by atoms with Gasteiger partial charge < -0.3 is 4.52 Å². The molecule has 1 aromatic heterocycles. The molecule has 1 aliphatic heterocycles. The summed E-state index contributed by atoms with van der Waals surface area (Å²) in [4.78, 5) is 4.82. The van der Waals surface area contributed by atoms with E-state index in [1.54, 1.807) is 0 Å². The maximum Gasteiger partial charge on any atom is 0.150 e. The Morgan fingerprint density at radius 1 is 1.14 bits per heavy atom. The van der Waals surface area contributed by atoms with E-state index in [2.05, 4.69) is 27.1 Å². The summed E-state index contributed by atoms with van der Waals surface area (Å²) in [5.74, 6) is 0.938. The third-order valence-corrected chi connectivity index (χ3v) is 3.98. The van der Waals surface area contributed by atoms with Crippen LogP contribution in [0.4, 0.5) is 0 Å². The molecule has 1 saturated heterocycles. The molecule has 1 aliphatic rings. The number of aromatic nitrogens is 1. The van der Waals surface area contributed by atoms with Crippen LogP contribution in [-0.4, -0.2) is 41.1 Å². The first-order chi connectivity index (χ1) is 10.7. The molecule has 1 fully saturated rings. The number of aryl methyl sites for hydroxylation is 1. The van der Waals surface area contributed by atoms with Crippen molar-refractivity contribution >= 4 is 0 Å². The summed E-state index contributed by atoms with van der Waals surface area (Å²) >= 11 is 0. The summed E-state index contributed by atoms with van der Waals surface area (Å²) in [5, 5.41) is 12.9. The number of hydrogen-bond acceptors (Lipinski definition) is 5. The maximum absolute atomic E-state index is 8.96. The van der Waals surface area contributed by atoms with Gasteiger partial charge in [0.15, 0.2) is 5.76 Å². The second kappa shape index (κ2) is 6.73. The van der Waals surface area contributed by atoms with E-state index in [-0.39, 0.29) is 0 Å². The van der Waals surface area contributed by atoms with Crippen LogP contribution < -0.4 is 0 Å². The molecule has 0 unspecified atom stereocenters. The fraction of sp³-hybridized carbons (Fsp3) is 0.412. The SMILES string of the molecule is Cc1cc(CN2CCN(Cc3cccc(C#N)c3)CC2)on1. The smallest absolute Gasteiger partial charge is 0.150 e. The highest BCUT2D eigenvalue weighted by atomic mass is 16.5. The van der Waals surface area contributed by atoms with E-state index in [9.17, 15) is 0 Å². The molecule has 22 heavy (non-hydrogen) atoms. The predicted octanol–water partition coefficient (Wildman–Crippen LogP) is 2.17. The Hall–Kier alpha value is -2.16. The van der Waals surface area contributed by atoms with Gasteiger partial charge in [-0.1, -0.05) is 17.3 Å². The molecule has 0 atom stereocenters. The monoisotopic (exact) mass is 296 g/mol. The van der Waals surface area contributed by atoms with Crippen LogP contribution in [0.1, 0.15) is 22.6 Å². The number of nitrogens with zero attached hydrogens (tertiary/aromatic N) is 4. The molecule has 0 saturated carbocycles. The van der Waals surface area contributed by atoms with Gasteiger partial charge in [0.2, 0.25) is 0 Å². The van der Waals surface area contributed by atoms with E-state index in [1.807, 2.05) is 31.2 Å². The molecule has 0 N–H and O–H groups in total. The third-order valence-electron chi connectivity index (χ3n) is 3.98. The van der Waals surface area contributed by atoms with Crippen LogP contribution in [0.2, 0.25) is 0 Å².